The van der Waals surface area contributed by atoms with Crippen LogP contribution in [0.25, 0.3) is 0 Å². The maximum atomic E-state index is 13.5. The lowest BCUT2D eigenvalue weighted by Gasteiger charge is -2.07. The Labute approximate surface area is 105 Å². The Hall–Kier alpha value is -1.62. The monoisotopic (exact) mass is 252 g/mol. The second-order valence-electron chi connectivity index (χ2n) is 4.45. The van der Waals surface area contributed by atoms with Gasteiger partial charge in [0.2, 0.25) is 0 Å². The summed E-state index contributed by atoms with van der Waals surface area (Å²) in [4.78, 5) is 11.4. The first kappa shape index (κ1) is 12.8. The van der Waals surface area contributed by atoms with Gasteiger partial charge in [-0.3, -0.25) is 0 Å². The molecule has 98 valence electrons. The topological polar surface area (TPSA) is 61.4 Å². The number of rotatable bonds is 5. The molecule has 18 heavy (non-hydrogen) atoms. The van der Waals surface area contributed by atoms with Gasteiger partial charge in [0.05, 0.1) is 0 Å². The first-order valence-corrected chi connectivity index (χ1v) is 6.12. The number of halogens is 1. The summed E-state index contributed by atoms with van der Waals surface area (Å²) in [7, 11) is 0. The van der Waals surface area contributed by atoms with Crippen LogP contribution >= 0.6 is 0 Å². The second kappa shape index (κ2) is 5.82. The number of urea groups is 1. The molecule has 5 heteroatoms. The number of aliphatic hydroxyl groups is 1. The molecule has 2 unspecified atom stereocenters. The van der Waals surface area contributed by atoms with Gasteiger partial charge in [0.15, 0.2) is 0 Å². The van der Waals surface area contributed by atoms with Crippen molar-refractivity contribution in [3.8, 4) is 0 Å². The Morgan fingerprint density at radius 2 is 2.22 bits per heavy atom. The van der Waals surface area contributed by atoms with Gasteiger partial charge >= 0.3 is 6.03 Å². The fourth-order valence-corrected chi connectivity index (χ4v) is 1.97. The first-order chi connectivity index (χ1) is 8.72. The van der Waals surface area contributed by atoms with Crippen LogP contribution < -0.4 is 10.6 Å². The van der Waals surface area contributed by atoms with Crippen molar-refractivity contribution in [2.75, 3.05) is 13.2 Å². The zero-order chi connectivity index (χ0) is 13.0. The Balaban J connectivity index is 1.78. The molecule has 0 bridgehead atoms. The molecular weight excluding hydrogens is 235 g/mol. The summed E-state index contributed by atoms with van der Waals surface area (Å²) < 4.78 is 13.5. The van der Waals surface area contributed by atoms with E-state index in [1.54, 1.807) is 18.2 Å². The third kappa shape index (κ3) is 3.20. The second-order valence-corrected chi connectivity index (χ2v) is 4.45. The Morgan fingerprint density at radius 3 is 2.94 bits per heavy atom. The third-order valence-corrected chi connectivity index (χ3v) is 3.03. The molecule has 1 fully saturated rings. The molecule has 2 amide bonds. The Kier molecular flexibility index (Phi) is 4.15. The number of hydrogen-bond acceptors (Lipinski definition) is 2. The number of carbonyl (C=O) groups is 1. The average molecular weight is 252 g/mol. The smallest absolute Gasteiger partial charge is 0.315 e. The minimum atomic E-state index is -0.257. The van der Waals surface area contributed by atoms with E-state index in [2.05, 4.69) is 10.6 Å². The zero-order valence-corrected chi connectivity index (χ0v) is 10.0. The fraction of sp³-hybridized carbons (Fsp3) is 0.462. The van der Waals surface area contributed by atoms with Gasteiger partial charge in [-0.05, 0) is 24.5 Å². The van der Waals surface area contributed by atoms with Gasteiger partial charge in [0.25, 0.3) is 0 Å². The predicted octanol–water partition coefficient (Wildman–Crippen LogP) is 1.36. The van der Waals surface area contributed by atoms with Crippen molar-refractivity contribution >= 4 is 6.03 Å². The molecule has 1 aliphatic carbocycles. The van der Waals surface area contributed by atoms with Gasteiger partial charge in [0, 0.05) is 25.1 Å². The molecule has 1 saturated carbocycles. The molecule has 3 N–H and O–H groups in total. The standard InChI is InChI=1S/C13H17FN2O2/c14-11-5-2-1-4-9(11)10-8-12(10)16-13(18)15-6-3-7-17/h1-2,4-5,10,12,17H,3,6-8H2,(H2,15,16,18). The summed E-state index contributed by atoms with van der Waals surface area (Å²) in [6.45, 7) is 0.501. The summed E-state index contributed by atoms with van der Waals surface area (Å²) in [5, 5.41) is 14.0. The molecule has 0 spiro atoms. The largest absolute Gasteiger partial charge is 0.396 e. The zero-order valence-electron chi connectivity index (χ0n) is 10.0. The van der Waals surface area contributed by atoms with Gasteiger partial charge in [-0.25, -0.2) is 9.18 Å². The van der Waals surface area contributed by atoms with E-state index in [1.807, 2.05) is 0 Å². The molecule has 1 aliphatic rings. The summed E-state index contributed by atoms with van der Waals surface area (Å²) >= 11 is 0. The highest BCUT2D eigenvalue weighted by atomic mass is 19.1. The van der Waals surface area contributed by atoms with E-state index in [-0.39, 0.29) is 30.4 Å². The number of hydrogen-bond donors (Lipinski definition) is 3. The van der Waals surface area contributed by atoms with Crippen LogP contribution in [-0.4, -0.2) is 30.3 Å². The van der Waals surface area contributed by atoms with Crippen LogP contribution in [0.2, 0.25) is 0 Å². The highest BCUT2D eigenvalue weighted by Gasteiger charge is 2.40. The van der Waals surface area contributed by atoms with Crippen LogP contribution in [0.15, 0.2) is 24.3 Å². The van der Waals surface area contributed by atoms with Crippen LogP contribution in [0.3, 0.4) is 0 Å². The number of amides is 2. The lowest BCUT2D eigenvalue weighted by Crippen LogP contribution is -2.38. The molecule has 0 heterocycles. The maximum Gasteiger partial charge on any atom is 0.315 e. The van der Waals surface area contributed by atoms with Gasteiger partial charge in [-0.15, -0.1) is 0 Å². The lowest BCUT2D eigenvalue weighted by atomic mass is 10.1. The van der Waals surface area contributed by atoms with Crippen molar-refractivity contribution in [3.63, 3.8) is 0 Å². The van der Waals surface area contributed by atoms with Crippen molar-refractivity contribution in [2.24, 2.45) is 0 Å². The molecule has 1 aromatic rings. The number of benzene rings is 1. The lowest BCUT2D eigenvalue weighted by molar-refractivity contribution is 0.237. The first-order valence-electron chi connectivity index (χ1n) is 6.12. The number of aliphatic hydroxyl groups excluding tert-OH is 1. The summed E-state index contributed by atoms with van der Waals surface area (Å²) in [6, 6.07) is 6.40. The van der Waals surface area contributed by atoms with Gasteiger partial charge in [0.1, 0.15) is 5.82 Å². The van der Waals surface area contributed by atoms with Crippen LogP contribution in [0.4, 0.5) is 9.18 Å². The fourth-order valence-electron chi connectivity index (χ4n) is 1.97. The minimum Gasteiger partial charge on any atom is -0.396 e. The quantitative estimate of drug-likeness (QED) is 0.693. The summed E-state index contributed by atoms with van der Waals surface area (Å²) in [5.74, 6) is -0.137. The van der Waals surface area contributed by atoms with E-state index in [0.717, 1.165) is 6.42 Å². The molecular formula is C13H17FN2O2. The van der Waals surface area contributed by atoms with E-state index in [4.69, 9.17) is 5.11 Å². The van der Waals surface area contributed by atoms with Crippen LogP contribution in [0, 0.1) is 5.82 Å². The van der Waals surface area contributed by atoms with Crippen molar-refractivity contribution in [3.05, 3.63) is 35.6 Å². The van der Waals surface area contributed by atoms with Crippen molar-refractivity contribution in [1.82, 2.24) is 10.6 Å². The maximum absolute atomic E-state index is 13.5. The molecule has 2 atom stereocenters. The molecule has 2 rings (SSSR count). The third-order valence-electron chi connectivity index (χ3n) is 3.03. The average Bonchev–Trinajstić information content (AvgIpc) is 3.09. The van der Waals surface area contributed by atoms with E-state index >= 15 is 0 Å². The molecule has 0 aromatic heterocycles. The van der Waals surface area contributed by atoms with E-state index < -0.39 is 0 Å². The normalized spacial score (nSPS) is 21.4. The molecule has 0 aliphatic heterocycles. The number of carbonyl (C=O) groups excluding carboxylic acids is 1. The molecule has 4 nitrogen and oxygen atoms in total. The Morgan fingerprint density at radius 1 is 1.44 bits per heavy atom. The van der Waals surface area contributed by atoms with E-state index in [0.29, 0.717) is 18.5 Å². The Bertz CT molecular complexity index is 425. The number of nitrogens with one attached hydrogen (secondary N) is 2. The van der Waals surface area contributed by atoms with Gasteiger partial charge < -0.3 is 15.7 Å². The minimum absolute atomic E-state index is 0.0102. The van der Waals surface area contributed by atoms with E-state index in [9.17, 15) is 9.18 Å². The predicted molar refractivity (Wildman–Crippen MR) is 65.8 cm³/mol. The van der Waals surface area contributed by atoms with Crippen LogP contribution in [0.1, 0.15) is 24.3 Å². The summed E-state index contributed by atoms with van der Waals surface area (Å²) in [5.41, 5.74) is 0.665. The van der Waals surface area contributed by atoms with Crippen molar-refractivity contribution < 1.29 is 14.3 Å². The van der Waals surface area contributed by atoms with Crippen LogP contribution in [0.5, 0.6) is 0 Å². The van der Waals surface area contributed by atoms with Crippen molar-refractivity contribution in [1.29, 1.82) is 0 Å². The summed E-state index contributed by atoms with van der Waals surface area (Å²) in [6.07, 6.45) is 1.31. The molecule has 1 aromatic carbocycles. The highest BCUT2D eigenvalue weighted by Crippen LogP contribution is 2.41. The molecule has 0 saturated heterocycles. The highest BCUT2D eigenvalue weighted by molar-refractivity contribution is 5.74. The van der Waals surface area contributed by atoms with Gasteiger partial charge in [-0.2, -0.15) is 0 Å². The van der Waals surface area contributed by atoms with Crippen LogP contribution in [-0.2, 0) is 0 Å². The SMILES string of the molecule is O=C(NCCCO)NC1CC1c1ccccc1F. The van der Waals surface area contributed by atoms with E-state index in [1.165, 1.54) is 6.07 Å². The van der Waals surface area contributed by atoms with Crippen molar-refractivity contribution in [2.45, 2.75) is 24.8 Å². The molecule has 0 radical (unpaired) electrons. The van der Waals surface area contributed by atoms with Gasteiger partial charge in [-0.1, -0.05) is 18.2 Å².